The van der Waals surface area contributed by atoms with Crippen molar-refractivity contribution in [2.75, 3.05) is 6.61 Å². The first-order valence-corrected chi connectivity index (χ1v) is 6.45. The summed E-state index contributed by atoms with van der Waals surface area (Å²) in [6.45, 7) is 2.17. The molecule has 6 nitrogen and oxygen atoms in total. The van der Waals surface area contributed by atoms with Crippen LogP contribution in [0.1, 0.15) is 29.3 Å². The van der Waals surface area contributed by atoms with Crippen LogP contribution in [0.5, 0.6) is 0 Å². The van der Waals surface area contributed by atoms with Gasteiger partial charge in [-0.1, -0.05) is 12.1 Å². The summed E-state index contributed by atoms with van der Waals surface area (Å²) in [5.41, 5.74) is 3.70. The average molecular weight is 276 g/mol. The number of hydrogen-bond acceptors (Lipinski definition) is 4. The van der Waals surface area contributed by atoms with Gasteiger partial charge in [0.05, 0.1) is 12.5 Å². The minimum atomic E-state index is -0.314. The maximum atomic E-state index is 11.6. The second-order valence-corrected chi connectivity index (χ2v) is 4.58. The predicted molar refractivity (Wildman–Crippen MR) is 70.5 cm³/mol. The maximum Gasteiger partial charge on any atom is 0.274 e. The lowest BCUT2D eigenvalue weighted by molar-refractivity contribution is -0.125. The van der Waals surface area contributed by atoms with Gasteiger partial charge in [-0.25, -0.2) is 5.48 Å². The van der Waals surface area contributed by atoms with Crippen LogP contribution in [0.25, 0.3) is 0 Å². The second kappa shape index (κ2) is 6.29. The van der Waals surface area contributed by atoms with Crippen LogP contribution < -0.4 is 10.8 Å². The highest BCUT2D eigenvalue weighted by molar-refractivity contribution is 6.03. The zero-order valence-electron chi connectivity index (χ0n) is 11.1. The topological polar surface area (TPSA) is 84.5 Å². The summed E-state index contributed by atoms with van der Waals surface area (Å²) in [7, 11) is 0. The number of nitrogens with one attached hydrogen (secondary N) is 2. The van der Waals surface area contributed by atoms with Gasteiger partial charge in [0.25, 0.3) is 5.91 Å². The van der Waals surface area contributed by atoms with Crippen molar-refractivity contribution in [2.24, 2.45) is 5.92 Å². The van der Waals surface area contributed by atoms with Crippen LogP contribution in [-0.2, 0) is 20.8 Å². The molecular weight excluding hydrogens is 260 g/mol. The number of benzene rings is 1. The molecule has 6 heteroatoms. The molecule has 3 amide bonds. The van der Waals surface area contributed by atoms with Crippen LogP contribution >= 0.6 is 0 Å². The molecule has 0 radical (unpaired) electrons. The van der Waals surface area contributed by atoms with E-state index in [-0.39, 0.29) is 30.1 Å². The standard InChI is InChI=1S/C14H16N2O4/c1-2-20-16-14(19)10-5-3-9(4-6-10)7-11-8-12(17)15-13(11)18/h3-6,11H,2,7-8H2,1H3,(H,16,19)(H,15,17,18)/t11-/m1/s1. The molecule has 0 aliphatic carbocycles. The molecular formula is C14H16N2O4. The van der Waals surface area contributed by atoms with E-state index in [1.807, 2.05) is 0 Å². The highest BCUT2D eigenvalue weighted by Crippen LogP contribution is 2.17. The molecule has 2 N–H and O–H groups in total. The lowest BCUT2D eigenvalue weighted by Gasteiger charge is -2.07. The van der Waals surface area contributed by atoms with E-state index >= 15 is 0 Å². The molecule has 1 atom stereocenters. The van der Waals surface area contributed by atoms with Gasteiger partial charge in [0.15, 0.2) is 0 Å². The number of imide groups is 1. The fourth-order valence-electron chi connectivity index (χ4n) is 2.05. The van der Waals surface area contributed by atoms with Gasteiger partial charge in [-0.2, -0.15) is 0 Å². The summed E-state index contributed by atoms with van der Waals surface area (Å²) in [6, 6.07) is 6.88. The van der Waals surface area contributed by atoms with E-state index in [4.69, 9.17) is 4.84 Å². The number of hydrogen-bond donors (Lipinski definition) is 2. The largest absolute Gasteiger partial charge is 0.296 e. The Morgan fingerprint density at radius 1 is 1.35 bits per heavy atom. The highest BCUT2D eigenvalue weighted by atomic mass is 16.6. The average Bonchev–Trinajstić information content (AvgIpc) is 2.75. The van der Waals surface area contributed by atoms with Gasteiger partial charge in [-0.05, 0) is 31.0 Å². The van der Waals surface area contributed by atoms with Gasteiger partial charge < -0.3 is 0 Å². The van der Waals surface area contributed by atoms with Crippen LogP contribution in [0.2, 0.25) is 0 Å². The smallest absolute Gasteiger partial charge is 0.274 e. The summed E-state index contributed by atoms with van der Waals surface area (Å²) in [4.78, 5) is 39.0. The van der Waals surface area contributed by atoms with E-state index in [1.54, 1.807) is 31.2 Å². The van der Waals surface area contributed by atoms with Crippen LogP contribution in [0.3, 0.4) is 0 Å². The molecule has 1 aromatic carbocycles. The Hall–Kier alpha value is -2.21. The van der Waals surface area contributed by atoms with E-state index in [0.717, 1.165) is 5.56 Å². The maximum absolute atomic E-state index is 11.6. The molecule has 1 heterocycles. The number of amides is 3. The van der Waals surface area contributed by atoms with E-state index in [9.17, 15) is 14.4 Å². The van der Waals surface area contributed by atoms with Gasteiger partial charge in [0.2, 0.25) is 11.8 Å². The van der Waals surface area contributed by atoms with E-state index < -0.39 is 0 Å². The number of carbonyl (C=O) groups is 3. The lowest BCUT2D eigenvalue weighted by atomic mass is 9.97. The molecule has 0 unspecified atom stereocenters. The minimum Gasteiger partial charge on any atom is -0.296 e. The molecule has 0 aromatic heterocycles. The Morgan fingerprint density at radius 2 is 2.05 bits per heavy atom. The van der Waals surface area contributed by atoms with Crippen molar-refractivity contribution >= 4 is 17.7 Å². The molecule has 1 aliphatic rings. The fourth-order valence-corrected chi connectivity index (χ4v) is 2.05. The monoisotopic (exact) mass is 276 g/mol. The third-order valence-electron chi connectivity index (χ3n) is 3.07. The second-order valence-electron chi connectivity index (χ2n) is 4.58. The van der Waals surface area contributed by atoms with Crippen LogP contribution in [0, 0.1) is 5.92 Å². The molecule has 1 fully saturated rings. The number of rotatable bonds is 5. The Kier molecular flexibility index (Phi) is 4.47. The first-order chi connectivity index (χ1) is 9.60. The van der Waals surface area contributed by atoms with Gasteiger partial charge in [-0.3, -0.25) is 24.5 Å². The molecule has 106 valence electrons. The number of hydroxylamine groups is 1. The van der Waals surface area contributed by atoms with Crippen molar-refractivity contribution in [2.45, 2.75) is 19.8 Å². The predicted octanol–water partition coefficient (Wildman–Crippen LogP) is 0.573. The highest BCUT2D eigenvalue weighted by Gasteiger charge is 2.30. The third-order valence-corrected chi connectivity index (χ3v) is 3.07. The first kappa shape index (κ1) is 14.2. The minimum absolute atomic E-state index is 0.228. The summed E-state index contributed by atoms with van der Waals surface area (Å²) in [6.07, 6.45) is 0.719. The SMILES string of the molecule is CCONC(=O)c1ccc(C[C@@H]2CC(=O)NC2=O)cc1. The molecule has 1 saturated heterocycles. The van der Waals surface area contributed by atoms with Crippen molar-refractivity contribution in [3.63, 3.8) is 0 Å². The molecule has 0 saturated carbocycles. The van der Waals surface area contributed by atoms with Crippen molar-refractivity contribution < 1.29 is 19.2 Å². The van der Waals surface area contributed by atoms with E-state index in [2.05, 4.69) is 10.8 Å². The van der Waals surface area contributed by atoms with E-state index in [0.29, 0.717) is 18.6 Å². The van der Waals surface area contributed by atoms with Gasteiger partial charge in [0.1, 0.15) is 0 Å². The zero-order valence-corrected chi connectivity index (χ0v) is 11.1. The third kappa shape index (κ3) is 3.42. The Labute approximate surface area is 116 Å². The summed E-state index contributed by atoms with van der Waals surface area (Å²) >= 11 is 0. The van der Waals surface area contributed by atoms with Gasteiger partial charge in [0, 0.05) is 12.0 Å². The summed E-state index contributed by atoms with van der Waals surface area (Å²) in [5, 5.41) is 2.28. The van der Waals surface area contributed by atoms with Crippen LogP contribution in [0.15, 0.2) is 24.3 Å². The van der Waals surface area contributed by atoms with Gasteiger partial charge >= 0.3 is 0 Å². The lowest BCUT2D eigenvalue weighted by Crippen LogP contribution is -2.24. The zero-order chi connectivity index (χ0) is 14.5. The van der Waals surface area contributed by atoms with Crippen molar-refractivity contribution in [1.82, 2.24) is 10.8 Å². The molecule has 0 bridgehead atoms. The molecule has 0 spiro atoms. The first-order valence-electron chi connectivity index (χ1n) is 6.45. The number of carbonyl (C=O) groups excluding carboxylic acids is 3. The van der Waals surface area contributed by atoms with Crippen molar-refractivity contribution in [1.29, 1.82) is 0 Å². The van der Waals surface area contributed by atoms with Crippen LogP contribution in [-0.4, -0.2) is 24.3 Å². The quantitative estimate of drug-likeness (QED) is 0.608. The molecule has 20 heavy (non-hydrogen) atoms. The van der Waals surface area contributed by atoms with Crippen molar-refractivity contribution in [3.8, 4) is 0 Å². The molecule has 1 aliphatic heterocycles. The molecule has 1 aromatic rings. The summed E-state index contributed by atoms with van der Waals surface area (Å²) < 4.78 is 0. The molecule has 2 rings (SSSR count). The summed E-state index contributed by atoms with van der Waals surface area (Å²) in [5.74, 6) is -1.08. The van der Waals surface area contributed by atoms with E-state index in [1.165, 1.54) is 0 Å². The normalized spacial score (nSPS) is 17.9. The van der Waals surface area contributed by atoms with Gasteiger partial charge in [-0.15, -0.1) is 0 Å². The fraction of sp³-hybridized carbons (Fsp3) is 0.357. The van der Waals surface area contributed by atoms with Crippen molar-refractivity contribution in [3.05, 3.63) is 35.4 Å². The Balaban J connectivity index is 1.96. The Bertz CT molecular complexity index is 524. The van der Waals surface area contributed by atoms with Crippen LogP contribution in [0.4, 0.5) is 0 Å². The Morgan fingerprint density at radius 3 is 2.60 bits per heavy atom.